The second kappa shape index (κ2) is 9.76. The Balaban J connectivity index is 1.75. The zero-order valence-electron chi connectivity index (χ0n) is 17.0. The molecule has 4 rings (SSSR count). The summed E-state index contributed by atoms with van der Waals surface area (Å²) in [5.41, 5.74) is 1.92. The van der Waals surface area contributed by atoms with Gasteiger partial charge in [-0.2, -0.15) is 0 Å². The number of amides is 1. The molecule has 0 atom stereocenters. The standard InChI is InChI=1S/C22H25N3O3S2/c1-28-13-12-23-18(26)14-29-22-24-20-19(16-10-6-3-7-11-17(16)30-20)21(27)25(22)15-8-4-2-5-9-15/h2,4-5,8-9H,3,6-7,10-14H2,1H3,(H,23,26). The highest BCUT2D eigenvalue weighted by molar-refractivity contribution is 7.99. The third-order valence-electron chi connectivity index (χ3n) is 5.18. The van der Waals surface area contributed by atoms with Crippen LogP contribution in [0.2, 0.25) is 0 Å². The van der Waals surface area contributed by atoms with Crippen LogP contribution in [-0.2, 0) is 22.4 Å². The second-order valence-corrected chi connectivity index (χ2v) is 9.27. The van der Waals surface area contributed by atoms with E-state index in [1.54, 1.807) is 23.0 Å². The molecular weight excluding hydrogens is 418 g/mol. The van der Waals surface area contributed by atoms with Crippen molar-refractivity contribution in [3.05, 3.63) is 51.1 Å². The summed E-state index contributed by atoms with van der Waals surface area (Å²) in [6, 6.07) is 9.55. The Labute approximate surface area is 183 Å². The first kappa shape index (κ1) is 21.1. The number of hydrogen-bond donors (Lipinski definition) is 1. The predicted octanol–water partition coefficient (Wildman–Crippen LogP) is 3.57. The highest BCUT2D eigenvalue weighted by atomic mass is 32.2. The lowest BCUT2D eigenvalue weighted by Gasteiger charge is -2.12. The number of rotatable bonds is 7. The number of carbonyl (C=O) groups is 1. The molecule has 3 aromatic rings. The molecule has 0 fully saturated rings. The van der Waals surface area contributed by atoms with Gasteiger partial charge in [0.15, 0.2) is 5.16 Å². The predicted molar refractivity (Wildman–Crippen MR) is 122 cm³/mol. The van der Waals surface area contributed by atoms with Crippen molar-refractivity contribution < 1.29 is 9.53 Å². The van der Waals surface area contributed by atoms with E-state index in [2.05, 4.69) is 5.32 Å². The van der Waals surface area contributed by atoms with Gasteiger partial charge in [-0.25, -0.2) is 4.98 Å². The maximum Gasteiger partial charge on any atom is 0.267 e. The molecule has 1 aliphatic carbocycles. The lowest BCUT2D eigenvalue weighted by Crippen LogP contribution is -2.29. The van der Waals surface area contributed by atoms with Gasteiger partial charge < -0.3 is 10.1 Å². The van der Waals surface area contributed by atoms with Gasteiger partial charge in [-0.1, -0.05) is 36.4 Å². The van der Waals surface area contributed by atoms with Crippen LogP contribution in [-0.4, -0.2) is 41.5 Å². The van der Waals surface area contributed by atoms with Crippen LogP contribution in [0.5, 0.6) is 0 Å². The second-order valence-electron chi connectivity index (χ2n) is 7.25. The van der Waals surface area contributed by atoms with Crippen LogP contribution in [0.3, 0.4) is 0 Å². The molecule has 0 saturated heterocycles. The fraction of sp³-hybridized carbons (Fsp3) is 0.409. The van der Waals surface area contributed by atoms with Crippen LogP contribution < -0.4 is 10.9 Å². The van der Waals surface area contributed by atoms with E-state index in [-0.39, 0.29) is 17.2 Å². The van der Waals surface area contributed by atoms with Crippen molar-refractivity contribution >= 4 is 39.2 Å². The van der Waals surface area contributed by atoms with E-state index in [0.29, 0.717) is 18.3 Å². The Morgan fingerprint density at radius 3 is 2.83 bits per heavy atom. The van der Waals surface area contributed by atoms with Gasteiger partial charge >= 0.3 is 0 Å². The quantitative estimate of drug-likeness (QED) is 0.262. The molecule has 1 aliphatic rings. The van der Waals surface area contributed by atoms with Gasteiger partial charge in [0, 0.05) is 18.5 Å². The van der Waals surface area contributed by atoms with Crippen molar-refractivity contribution in [3.8, 4) is 5.69 Å². The van der Waals surface area contributed by atoms with E-state index >= 15 is 0 Å². The lowest BCUT2D eigenvalue weighted by atomic mass is 10.1. The molecule has 0 radical (unpaired) electrons. The minimum Gasteiger partial charge on any atom is -0.383 e. The number of nitrogens with one attached hydrogen (secondary N) is 1. The maximum atomic E-state index is 13.6. The van der Waals surface area contributed by atoms with E-state index in [1.807, 2.05) is 30.3 Å². The van der Waals surface area contributed by atoms with Crippen LogP contribution >= 0.6 is 23.1 Å². The number of aromatic nitrogens is 2. The zero-order chi connectivity index (χ0) is 20.9. The fourth-order valence-corrected chi connectivity index (χ4v) is 5.88. The average molecular weight is 444 g/mol. The number of thioether (sulfide) groups is 1. The number of fused-ring (bicyclic) bond motifs is 3. The Morgan fingerprint density at radius 1 is 1.23 bits per heavy atom. The first-order chi connectivity index (χ1) is 14.7. The Hall–Kier alpha value is -2.16. The van der Waals surface area contributed by atoms with Gasteiger partial charge in [-0.15, -0.1) is 11.3 Å². The molecule has 0 saturated carbocycles. The largest absolute Gasteiger partial charge is 0.383 e. The van der Waals surface area contributed by atoms with Crippen LogP contribution in [0.4, 0.5) is 0 Å². The van der Waals surface area contributed by atoms with Crippen LogP contribution in [0, 0.1) is 0 Å². The van der Waals surface area contributed by atoms with Gasteiger partial charge in [0.2, 0.25) is 5.91 Å². The van der Waals surface area contributed by atoms with E-state index in [1.165, 1.54) is 28.6 Å². The van der Waals surface area contributed by atoms with Crippen LogP contribution in [0.15, 0.2) is 40.3 Å². The van der Waals surface area contributed by atoms with Crippen molar-refractivity contribution in [3.63, 3.8) is 0 Å². The number of methoxy groups -OCH3 is 1. The highest BCUT2D eigenvalue weighted by Crippen LogP contribution is 2.34. The highest BCUT2D eigenvalue weighted by Gasteiger charge is 2.22. The normalized spacial score (nSPS) is 13.8. The van der Waals surface area contributed by atoms with E-state index in [4.69, 9.17) is 9.72 Å². The Kier molecular flexibility index (Phi) is 6.86. The van der Waals surface area contributed by atoms with Crippen LogP contribution in [0.25, 0.3) is 15.9 Å². The lowest BCUT2D eigenvalue weighted by molar-refractivity contribution is -0.118. The number of para-hydroxylation sites is 1. The topological polar surface area (TPSA) is 73.2 Å². The summed E-state index contributed by atoms with van der Waals surface area (Å²) in [7, 11) is 1.60. The van der Waals surface area contributed by atoms with Crippen molar-refractivity contribution in [2.75, 3.05) is 26.0 Å². The van der Waals surface area contributed by atoms with E-state index in [9.17, 15) is 9.59 Å². The van der Waals surface area contributed by atoms with Gasteiger partial charge in [0.1, 0.15) is 4.83 Å². The van der Waals surface area contributed by atoms with Crippen LogP contribution in [0.1, 0.15) is 29.7 Å². The Bertz CT molecular complexity index is 1090. The molecule has 6 nitrogen and oxygen atoms in total. The van der Waals surface area contributed by atoms with Gasteiger partial charge in [0.25, 0.3) is 5.56 Å². The summed E-state index contributed by atoms with van der Waals surface area (Å²) in [6.07, 6.45) is 5.44. The Morgan fingerprint density at radius 2 is 2.03 bits per heavy atom. The molecule has 1 N–H and O–H groups in total. The number of thiophene rings is 1. The van der Waals surface area contributed by atoms with Crippen molar-refractivity contribution in [1.82, 2.24) is 14.9 Å². The molecule has 0 aliphatic heterocycles. The maximum absolute atomic E-state index is 13.6. The first-order valence-corrected chi connectivity index (χ1v) is 12.0. The number of hydrogen-bond acceptors (Lipinski definition) is 6. The number of benzene rings is 1. The summed E-state index contributed by atoms with van der Waals surface area (Å²) in [5.74, 6) is 0.0903. The number of carbonyl (C=O) groups excluding carboxylic acids is 1. The smallest absolute Gasteiger partial charge is 0.267 e. The average Bonchev–Trinajstić information content (AvgIpc) is 2.94. The summed E-state index contributed by atoms with van der Waals surface area (Å²) in [5, 5.41) is 4.13. The van der Waals surface area contributed by atoms with Crippen molar-refractivity contribution in [2.45, 2.75) is 37.3 Å². The molecule has 8 heteroatoms. The minimum atomic E-state index is -0.104. The molecule has 1 aromatic carbocycles. The van der Waals surface area contributed by atoms with Crippen molar-refractivity contribution in [1.29, 1.82) is 0 Å². The molecule has 30 heavy (non-hydrogen) atoms. The molecular formula is C22H25N3O3S2. The van der Waals surface area contributed by atoms with Gasteiger partial charge in [-0.05, 0) is 43.4 Å². The SMILES string of the molecule is COCCNC(=O)CSc1nc2sc3c(c2c(=O)n1-c1ccccc1)CCCCC3. The summed E-state index contributed by atoms with van der Waals surface area (Å²) in [4.78, 5) is 32.8. The minimum absolute atomic E-state index is 0.0344. The third kappa shape index (κ3) is 4.45. The summed E-state index contributed by atoms with van der Waals surface area (Å²) in [6.45, 7) is 0.932. The molecule has 2 heterocycles. The van der Waals surface area contributed by atoms with Crippen molar-refractivity contribution in [2.24, 2.45) is 0 Å². The number of aryl methyl sites for hydroxylation is 2. The molecule has 1 amide bonds. The molecule has 0 bridgehead atoms. The number of nitrogens with zero attached hydrogens (tertiary/aromatic N) is 2. The van der Waals surface area contributed by atoms with E-state index < -0.39 is 0 Å². The van der Waals surface area contributed by atoms with Gasteiger partial charge in [-0.3, -0.25) is 14.2 Å². The monoisotopic (exact) mass is 443 g/mol. The third-order valence-corrected chi connectivity index (χ3v) is 7.31. The molecule has 158 valence electrons. The van der Waals surface area contributed by atoms with E-state index in [0.717, 1.165) is 41.6 Å². The molecule has 0 spiro atoms. The molecule has 0 unspecified atom stereocenters. The zero-order valence-corrected chi connectivity index (χ0v) is 18.6. The fourth-order valence-electron chi connectivity index (χ4n) is 3.74. The summed E-state index contributed by atoms with van der Waals surface area (Å²) >= 11 is 2.93. The summed E-state index contributed by atoms with van der Waals surface area (Å²) < 4.78 is 6.63. The van der Waals surface area contributed by atoms with Gasteiger partial charge in [0.05, 0.1) is 23.4 Å². The first-order valence-electron chi connectivity index (χ1n) is 10.2. The number of ether oxygens (including phenoxy) is 1. The molecule has 2 aromatic heterocycles.